The number of hydrogen-bond donors (Lipinski definition) is 10. The molecule has 2 heterocycles. The van der Waals surface area contributed by atoms with E-state index >= 15 is 0 Å². The number of rotatable bonds is 21. The van der Waals surface area contributed by atoms with Crippen molar-refractivity contribution in [3.63, 3.8) is 0 Å². The van der Waals surface area contributed by atoms with Crippen LogP contribution >= 0.6 is 0 Å². The monoisotopic (exact) mass is 636 g/mol. The van der Waals surface area contributed by atoms with Gasteiger partial charge in [-0.15, -0.1) is 0 Å². The summed E-state index contributed by atoms with van der Waals surface area (Å²) in [6.07, 6.45) is 4.15. The van der Waals surface area contributed by atoms with Crippen molar-refractivity contribution in [1.82, 2.24) is 10.6 Å². The Morgan fingerprint density at radius 1 is 0.455 bits per heavy atom. The molecule has 2 aliphatic heterocycles. The molecule has 2 aliphatic rings. The number of carbonyl (C=O) groups excluding carboxylic acids is 2. The van der Waals surface area contributed by atoms with Gasteiger partial charge in [0.15, 0.2) is 12.6 Å². The SMILES string of the molecule is O=C(CCCCCCCCCCCCCCCCC(=O)N[C@@H]1[C@@H](O)[C@H](O)[C@@H](CO)O[C@H]1O)N[C@@H]1[C@@H](O)[C@H](O)[C@@H](CO)O[C@H]1O. The van der Waals surface area contributed by atoms with E-state index in [4.69, 9.17) is 19.7 Å². The van der Waals surface area contributed by atoms with Gasteiger partial charge in [-0.25, -0.2) is 0 Å². The largest absolute Gasteiger partial charge is 0.394 e. The van der Waals surface area contributed by atoms with Crippen LogP contribution in [0.5, 0.6) is 0 Å². The Hall–Kier alpha value is -1.46. The van der Waals surface area contributed by atoms with E-state index in [0.29, 0.717) is 12.8 Å². The van der Waals surface area contributed by atoms with Crippen LogP contribution in [0.25, 0.3) is 0 Å². The van der Waals surface area contributed by atoms with Crippen LogP contribution in [0.3, 0.4) is 0 Å². The minimum atomic E-state index is -1.50. The zero-order chi connectivity index (χ0) is 32.5. The summed E-state index contributed by atoms with van der Waals surface area (Å²) in [5.41, 5.74) is 0. The number of amides is 2. The first-order valence-corrected chi connectivity index (χ1v) is 16.3. The van der Waals surface area contributed by atoms with Gasteiger partial charge < -0.3 is 61.0 Å². The Balaban J connectivity index is 1.36. The molecule has 2 amide bonds. The molecule has 10 N–H and O–H groups in total. The highest BCUT2D eigenvalue weighted by Gasteiger charge is 2.45. The van der Waals surface area contributed by atoms with Crippen molar-refractivity contribution in [2.24, 2.45) is 0 Å². The second-order valence-corrected chi connectivity index (χ2v) is 12.1. The fourth-order valence-corrected chi connectivity index (χ4v) is 5.71. The first-order valence-electron chi connectivity index (χ1n) is 16.3. The topological polar surface area (TPSA) is 238 Å². The van der Waals surface area contributed by atoms with Gasteiger partial charge in [-0.1, -0.05) is 77.0 Å². The zero-order valence-corrected chi connectivity index (χ0v) is 25.7. The molecule has 0 aromatic carbocycles. The third-order valence-electron chi connectivity index (χ3n) is 8.51. The summed E-state index contributed by atoms with van der Waals surface area (Å²) in [6, 6.07) is -2.29. The summed E-state index contributed by atoms with van der Waals surface area (Å²) in [7, 11) is 0. The predicted octanol–water partition coefficient (Wildman–Crippen LogP) is -0.940. The second kappa shape index (κ2) is 21.4. The van der Waals surface area contributed by atoms with Crippen molar-refractivity contribution in [2.75, 3.05) is 13.2 Å². The van der Waals surface area contributed by atoms with Crippen molar-refractivity contribution in [1.29, 1.82) is 0 Å². The molecule has 0 aliphatic carbocycles. The van der Waals surface area contributed by atoms with Crippen LogP contribution in [0.1, 0.15) is 103 Å². The lowest BCUT2D eigenvalue weighted by Crippen LogP contribution is -2.64. The van der Waals surface area contributed by atoms with Gasteiger partial charge in [-0.05, 0) is 12.8 Å². The summed E-state index contributed by atoms with van der Waals surface area (Å²) >= 11 is 0. The number of unbranched alkanes of at least 4 members (excludes halogenated alkanes) is 13. The van der Waals surface area contributed by atoms with E-state index in [1.165, 1.54) is 25.7 Å². The van der Waals surface area contributed by atoms with Crippen molar-refractivity contribution in [2.45, 2.75) is 164 Å². The van der Waals surface area contributed by atoms with Crippen LogP contribution in [-0.2, 0) is 19.1 Å². The van der Waals surface area contributed by atoms with E-state index in [1.807, 2.05) is 0 Å². The van der Waals surface area contributed by atoms with Crippen molar-refractivity contribution < 1.29 is 59.9 Å². The Kier molecular flexibility index (Phi) is 18.8. The number of aliphatic hydroxyl groups is 8. The molecule has 2 saturated heterocycles. The average molecular weight is 637 g/mol. The van der Waals surface area contributed by atoms with Crippen LogP contribution in [0.15, 0.2) is 0 Å². The molecule has 0 spiro atoms. The molecule has 44 heavy (non-hydrogen) atoms. The Labute approximate surface area is 259 Å². The molecule has 0 aromatic rings. The van der Waals surface area contributed by atoms with Gasteiger partial charge in [0.1, 0.15) is 48.7 Å². The van der Waals surface area contributed by atoms with Crippen LogP contribution in [-0.4, -0.2) is 127 Å². The predicted molar refractivity (Wildman–Crippen MR) is 158 cm³/mol. The van der Waals surface area contributed by atoms with Gasteiger partial charge in [-0.3, -0.25) is 9.59 Å². The first-order chi connectivity index (χ1) is 21.1. The molecule has 0 aromatic heterocycles. The van der Waals surface area contributed by atoms with Gasteiger partial charge in [0, 0.05) is 12.8 Å². The fraction of sp³-hybridized carbons (Fsp3) is 0.933. The maximum absolute atomic E-state index is 12.2. The quantitative estimate of drug-likeness (QED) is 0.0687. The lowest BCUT2D eigenvalue weighted by atomic mass is 9.97. The lowest BCUT2D eigenvalue weighted by molar-refractivity contribution is -0.253. The van der Waals surface area contributed by atoms with Crippen molar-refractivity contribution >= 4 is 11.8 Å². The van der Waals surface area contributed by atoms with Crippen molar-refractivity contribution in [3.8, 4) is 0 Å². The molecule has 2 rings (SSSR count). The fourth-order valence-electron chi connectivity index (χ4n) is 5.71. The second-order valence-electron chi connectivity index (χ2n) is 12.1. The third kappa shape index (κ3) is 13.1. The van der Waals surface area contributed by atoms with E-state index in [9.17, 15) is 40.2 Å². The van der Waals surface area contributed by atoms with E-state index in [0.717, 1.165) is 51.4 Å². The Bertz CT molecular complexity index is 744. The maximum Gasteiger partial charge on any atom is 0.220 e. The minimum absolute atomic E-state index is 0.254. The normalized spacial score (nSPS) is 32.4. The molecular weight excluding hydrogens is 580 g/mol. The molecule has 258 valence electrons. The summed E-state index contributed by atoms with van der Waals surface area (Å²) in [5, 5.41) is 83.1. The van der Waals surface area contributed by atoms with Crippen LogP contribution in [0.4, 0.5) is 0 Å². The molecule has 0 radical (unpaired) electrons. The van der Waals surface area contributed by atoms with E-state index in [1.54, 1.807) is 0 Å². The maximum atomic E-state index is 12.2. The van der Waals surface area contributed by atoms with E-state index in [-0.39, 0.29) is 24.7 Å². The van der Waals surface area contributed by atoms with Crippen molar-refractivity contribution in [3.05, 3.63) is 0 Å². The summed E-state index contributed by atoms with van der Waals surface area (Å²) in [5.74, 6) is -0.661. The van der Waals surface area contributed by atoms with E-state index in [2.05, 4.69) is 10.6 Å². The molecule has 0 unspecified atom stereocenters. The number of aliphatic hydroxyl groups excluding tert-OH is 8. The molecular formula is C30H56N2O12. The average Bonchev–Trinajstić information content (AvgIpc) is 3.00. The molecule has 10 atom stereocenters. The third-order valence-corrected chi connectivity index (χ3v) is 8.51. The van der Waals surface area contributed by atoms with Crippen LogP contribution in [0, 0.1) is 0 Å². The highest BCUT2D eigenvalue weighted by Crippen LogP contribution is 2.21. The van der Waals surface area contributed by atoms with Gasteiger partial charge in [0.05, 0.1) is 13.2 Å². The Morgan fingerprint density at radius 3 is 1.00 bits per heavy atom. The highest BCUT2D eigenvalue weighted by atomic mass is 16.6. The van der Waals surface area contributed by atoms with Gasteiger partial charge in [-0.2, -0.15) is 0 Å². The van der Waals surface area contributed by atoms with E-state index < -0.39 is 74.5 Å². The van der Waals surface area contributed by atoms with Gasteiger partial charge in [0.25, 0.3) is 0 Å². The lowest BCUT2D eigenvalue weighted by Gasteiger charge is -2.40. The van der Waals surface area contributed by atoms with Gasteiger partial charge in [0.2, 0.25) is 11.8 Å². The molecule has 0 bridgehead atoms. The summed E-state index contributed by atoms with van der Waals surface area (Å²) < 4.78 is 10.1. The van der Waals surface area contributed by atoms with Crippen LogP contribution < -0.4 is 10.6 Å². The van der Waals surface area contributed by atoms with Gasteiger partial charge >= 0.3 is 0 Å². The molecule has 14 nitrogen and oxygen atoms in total. The highest BCUT2D eigenvalue weighted by molar-refractivity contribution is 5.76. The van der Waals surface area contributed by atoms with Crippen LogP contribution in [0.2, 0.25) is 0 Å². The zero-order valence-electron chi connectivity index (χ0n) is 25.7. The number of carbonyl (C=O) groups is 2. The minimum Gasteiger partial charge on any atom is -0.394 e. The number of nitrogens with one attached hydrogen (secondary N) is 2. The smallest absolute Gasteiger partial charge is 0.220 e. The standard InChI is InChI=1S/C30H56N2O12/c33-17-19-25(37)27(39)23(29(41)43-19)31-21(35)15-13-11-9-7-5-3-1-2-4-6-8-10-12-14-16-22(36)32-24-28(40)26(38)20(18-34)44-30(24)42/h19-20,23-30,33-34,37-42H,1-18H2,(H,31,35)(H,32,36)/t19-,20-,23-,24-,25-,26-,27-,28-,29-,30-/m1/s1. The number of ether oxygens (including phenoxy) is 2. The number of hydrogen-bond acceptors (Lipinski definition) is 12. The summed E-state index contributed by atoms with van der Waals surface area (Å²) in [6.45, 7) is -1.10. The molecule has 14 heteroatoms. The summed E-state index contributed by atoms with van der Waals surface area (Å²) in [4.78, 5) is 24.3. The Morgan fingerprint density at radius 2 is 0.727 bits per heavy atom. The molecule has 2 fully saturated rings. The molecule has 0 saturated carbocycles. The first kappa shape index (κ1) is 38.7.